The molecular formula is C23H20N8O2. The van der Waals surface area contributed by atoms with E-state index in [2.05, 4.69) is 36.1 Å². The molecule has 3 aromatic carbocycles. The molecule has 0 saturated heterocycles. The smallest absolute Gasteiger partial charge is 0.270 e. The van der Waals surface area contributed by atoms with Gasteiger partial charge in [0, 0.05) is 29.9 Å². The van der Waals surface area contributed by atoms with E-state index in [1.165, 1.54) is 18.3 Å². The third-order valence-electron chi connectivity index (χ3n) is 4.42. The third-order valence-corrected chi connectivity index (χ3v) is 4.42. The standard InChI is InChI=1S/C23H20N8O2/c32-31(33)20-13-7-10-18(14-20)16-25-30-23-28-21(24-15-17-8-3-1-4-9-17)27-22(29-23)26-19-11-5-2-6-12-19/h1-14,16H,15H2,(H3,24,26,27,28,29,30)/b25-16+. The molecule has 0 atom stereocenters. The fourth-order valence-electron chi connectivity index (χ4n) is 2.87. The van der Waals surface area contributed by atoms with E-state index in [9.17, 15) is 10.1 Å². The van der Waals surface area contributed by atoms with Crippen molar-refractivity contribution < 1.29 is 4.92 Å². The average Bonchev–Trinajstić information content (AvgIpc) is 2.84. The first-order chi connectivity index (χ1) is 16.2. The van der Waals surface area contributed by atoms with E-state index in [1.54, 1.807) is 12.1 Å². The topological polar surface area (TPSA) is 130 Å². The summed E-state index contributed by atoms with van der Waals surface area (Å²) in [6.45, 7) is 0.534. The monoisotopic (exact) mass is 440 g/mol. The van der Waals surface area contributed by atoms with Crippen LogP contribution >= 0.6 is 0 Å². The highest BCUT2D eigenvalue weighted by atomic mass is 16.6. The summed E-state index contributed by atoms with van der Waals surface area (Å²) in [5.74, 6) is 0.904. The van der Waals surface area contributed by atoms with Crippen molar-refractivity contribution in [3.63, 3.8) is 0 Å². The van der Waals surface area contributed by atoms with Gasteiger partial charge in [0.15, 0.2) is 0 Å². The lowest BCUT2D eigenvalue weighted by Crippen LogP contribution is -2.09. The summed E-state index contributed by atoms with van der Waals surface area (Å²) < 4.78 is 0. The molecule has 0 aliphatic heterocycles. The van der Waals surface area contributed by atoms with Gasteiger partial charge >= 0.3 is 0 Å². The SMILES string of the molecule is O=[N+]([O-])c1cccc(/C=N/Nc2nc(NCc3ccccc3)nc(Nc3ccccc3)n2)c1. The van der Waals surface area contributed by atoms with Gasteiger partial charge in [-0.2, -0.15) is 20.1 Å². The molecule has 0 saturated carbocycles. The van der Waals surface area contributed by atoms with Crippen LogP contribution < -0.4 is 16.1 Å². The number of anilines is 4. The minimum atomic E-state index is -0.455. The van der Waals surface area contributed by atoms with Gasteiger partial charge in [-0.3, -0.25) is 10.1 Å². The molecule has 3 N–H and O–H groups in total. The van der Waals surface area contributed by atoms with Crippen molar-refractivity contribution in [1.29, 1.82) is 0 Å². The summed E-state index contributed by atoms with van der Waals surface area (Å²) in [6, 6.07) is 25.5. The minimum absolute atomic E-state index is 0.0131. The second-order valence-corrected chi connectivity index (χ2v) is 6.86. The van der Waals surface area contributed by atoms with E-state index in [0.717, 1.165) is 11.3 Å². The first-order valence-electron chi connectivity index (χ1n) is 10.1. The molecule has 33 heavy (non-hydrogen) atoms. The Morgan fingerprint density at radius 1 is 0.848 bits per heavy atom. The Hall–Kier alpha value is -4.86. The van der Waals surface area contributed by atoms with Gasteiger partial charge in [-0.15, -0.1) is 0 Å². The number of non-ortho nitro benzene ring substituents is 1. The molecule has 4 aromatic rings. The number of hydrogen-bond acceptors (Lipinski definition) is 9. The van der Waals surface area contributed by atoms with Crippen LogP contribution in [0.25, 0.3) is 0 Å². The number of para-hydroxylation sites is 1. The zero-order chi connectivity index (χ0) is 22.9. The summed E-state index contributed by atoms with van der Waals surface area (Å²) in [7, 11) is 0. The first-order valence-corrected chi connectivity index (χ1v) is 10.1. The van der Waals surface area contributed by atoms with Gasteiger partial charge in [0.2, 0.25) is 17.8 Å². The number of nitro groups is 1. The minimum Gasteiger partial charge on any atom is -0.350 e. The highest BCUT2D eigenvalue weighted by molar-refractivity contribution is 5.81. The normalized spacial score (nSPS) is 10.7. The maximum Gasteiger partial charge on any atom is 0.270 e. The number of hydrazone groups is 1. The Balaban J connectivity index is 1.52. The van der Waals surface area contributed by atoms with Crippen molar-refractivity contribution in [2.45, 2.75) is 6.54 Å². The second-order valence-electron chi connectivity index (χ2n) is 6.86. The summed E-state index contributed by atoms with van der Waals surface area (Å²) >= 11 is 0. The summed E-state index contributed by atoms with van der Waals surface area (Å²) in [6.07, 6.45) is 1.46. The molecule has 164 valence electrons. The van der Waals surface area contributed by atoms with E-state index in [-0.39, 0.29) is 11.6 Å². The van der Waals surface area contributed by atoms with Crippen molar-refractivity contribution in [2.24, 2.45) is 5.10 Å². The lowest BCUT2D eigenvalue weighted by molar-refractivity contribution is -0.384. The van der Waals surface area contributed by atoms with Crippen LogP contribution in [0.2, 0.25) is 0 Å². The highest BCUT2D eigenvalue weighted by Crippen LogP contribution is 2.16. The predicted molar refractivity (Wildman–Crippen MR) is 128 cm³/mol. The number of rotatable bonds is 9. The van der Waals surface area contributed by atoms with Crippen molar-refractivity contribution in [1.82, 2.24) is 15.0 Å². The van der Waals surface area contributed by atoms with Crippen molar-refractivity contribution in [3.05, 3.63) is 106 Å². The molecule has 0 unspecified atom stereocenters. The Bertz CT molecular complexity index is 1250. The molecule has 0 fully saturated rings. The van der Waals surface area contributed by atoms with Crippen LogP contribution in [0.3, 0.4) is 0 Å². The van der Waals surface area contributed by atoms with Crippen LogP contribution in [0.5, 0.6) is 0 Å². The molecule has 0 aliphatic rings. The number of nitrogens with one attached hydrogen (secondary N) is 3. The summed E-state index contributed by atoms with van der Waals surface area (Å²) in [5, 5.41) is 21.4. The maximum atomic E-state index is 10.9. The molecule has 4 rings (SSSR count). The summed E-state index contributed by atoms with van der Waals surface area (Å²) in [4.78, 5) is 23.6. The van der Waals surface area contributed by atoms with Crippen LogP contribution in [0, 0.1) is 10.1 Å². The predicted octanol–water partition coefficient (Wildman–Crippen LogP) is 4.58. The van der Waals surface area contributed by atoms with Gasteiger partial charge in [-0.05, 0) is 17.7 Å². The Morgan fingerprint density at radius 2 is 1.55 bits per heavy atom. The van der Waals surface area contributed by atoms with E-state index in [0.29, 0.717) is 24.0 Å². The number of nitro benzene ring substituents is 1. The van der Waals surface area contributed by atoms with Crippen molar-refractivity contribution >= 4 is 35.4 Å². The number of hydrogen-bond donors (Lipinski definition) is 3. The fourth-order valence-corrected chi connectivity index (χ4v) is 2.87. The van der Waals surface area contributed by atoms with Gasteiger partial charge in [-0.25, -0.2) is 5.43 Å². The Kier molecular flexibility index (Phi) is 6.76. The molecule has 0 bridgehead atoms. The molecule has 10 nitrogen and oxygen atoms in total. The quantitative estimate of drug-likeness (QED) is 0.196. The van der Waals surface area contributed by atoms with E-state index in [1.807, 2.05) is 60.7 Å². The molecule has 10 heteroatoms. The van der Waals surface area contributed by atoms with E-state index < -0.39 is 4.92 Å². The molecule has 1 heterocycles. The van der Waals surface area contributed by atoms with Crippen LogP contribution in [-0.2, 0) is 6.54 Å². The van der Waals surface area contributed by atoms with E-state index in [4.69, 9.17) is 0 Å². The summed E-state index contributed by atoms with van der Waals surface area (Å²) in [5.41, 5.74) is 5.22. The molecule has 1 aromatic heterocycles. The molecule has 0 aliphatic carbocycles. The lowest BCUT2D eigenvalue weighted by atomic mass is 10.2. The van der Waals surface area contributed by atoms with Crippen molar-refractivity contribution in [2.75, 3.05) is 16.1 Å². The lowest BCUT2D eigenvalue weighted by Gasteiger charge is -2.10. The number of nitrogens with zero attached hydrogens (tertiary/aromatic N) is 5. The zero-order valence-electron chi connectivity index (χ0n) is 17.4. The van der Waals surface area contributed by atoms with Crippen LogP contribution in [-0.4, -0.2) is 26.1 Å². The van der Waals surface area contributed by atoms with Gasteiger partial charge in [0.05, 0.1) is 11.1 Å². The molecule has 0 radical (unpaired) electrons. The van der Waals surface area contributed by atoms with Crippen molar-refractivity contribution in [3.8, 4) is 0 Å². The maximum absolute atomic E-state index is 10.9. The second kappa shape index (κ2) is 10.4. The number of benzene rings is 3. The van der Waals surface area contributed by atoms with Gasteiger partial charge in [0.25, 0.3) is 5.69 Å². The Morgan fingerprint density at radius 3 is 2.30 bits per heavy atom. The largest absolute Gasteiger partial charge is 0.350 e. The van der Waals surface area contributed by atoms with Gasteiger partial charge in [0.1, 0.15) is 0 Å². The van der Waals surface area contributed by atoms with Gasteiger partial charge < -0.3 is 10.6 Å². The van der Waals surface area contributed by atoms with Crippen LogP contribution in [0.15, 0.2) is 90.0 Å². The van der Waals surface area contributed by atoms with Crippen LogP contribution in [0.1, 0.15) is 11.1 Å². The molecule has 0 amide bonds. The first kappa shape index (κ1) is 21.4. The van der Waals surface area contributed by atoms with E-state index >= 15 is 0 Å². The third kappa shape index (κ3) is 6.31. The zero-order valence-corrected chi connectivity index (χ0v) is 17.4. The molecular weight excluding hydrogens is 420 g/mol. The highest BCUT2D eigenvalue weighted by Gasteiger charge is 2.08. The van der Waals surface area contributed by atoms with Crippen LogP contribution in [0.4, 0.5) is 29.2 Å². The van der Waals surface area contributed by atoms with Gasteiger partial charge in [-0.1, -0.05) is 60.7 Å². The Labute approximate surface area is 189 Å². The average molecular weight is 440 g/mol. The fraction of sp³-hybridized carbons (Fsp3) is 0.0435. The molecule has 0 spiro atoms. The number of aromatic nitrogens is 3.